The Balaban J connectivity index is 4.60. The first kappa shape index (κ1) is 49.6. The molecule has 0 saturated heterocycles. The van der Waals surface area contributed by atoms with Gasteiger partial charge in [0.05, 0.1) is 0 Å². The van der Waals surface area contributed by atoms with Crippen molar-refractivity contribution < 1.29 is 62.8 Å². The highest BCUT2D eigenvalue weighted by Crippen LogP contribution is 2.15. The third-order valence-corrected chi connectivity index (χ3v) is 7.13. The summed E-state index contributed by atoms with van der Waals surface area (Å²) in [6.45, 7) is 15.4. The van der Waals surface area contributed by atoms with E-state index in [2.05, 4.69) is 21.3 Å². The van der Waals surface area contributed by atoms with Crippen LogP contribution in [0.4, 0.5) is 4.79 Å². The summed E-state index contributed by atoms with van der Waals surface area (Å²) in [5, 5.41) is 28.7. The Kier molecular flexibility index (Phi) is 22.1. The number of carbonyl (C=O) groups excluding carboxylic acids is 6. The van der Waals surface area contributed by atoms with E-state index in [0.29, 0.717) is 45.1 Å². The SMILES string of the molecule is CC(C)(C)OC(=O)CC[C@H](NC(=O)N[C@@H](CCCCNC(=O)CCCCCCC(=O)N[C@H](CCC(=O)O)C(=O)OC(C)(C)C)C(=O)O)C(=O)OC(C)(C)C. The molecule has 0 unspecified atom stereocenters. The summed E-state index contributed by atoms with van der Waals surface area (Å²) in [6, 6.07) is -4.49. The monoisotopic (exact) mass is 772 g/mol. The number of hydrogen-bond donors (Lipinski definition) is 6. The summed E-state index contributed by atoms with van der Waals surface area (Å²) in [7, 11) is 0. The van der Waals surface area contributed by atoms with Gasteiger partial charge in [0.2, 0.25) is 11.8 Å². The second kappa shape index (κ2) is 24.1. The highest BCUT2D eigenvalue weighted by Gasteiger charge is 2.30. The molecule has 0 heterocycles. The molecule has 0 aromatic carbocycles. The minimum Gasteiger partial charge on any atom is -0.481 e. The molecular weight excluding hydrogens is 708 g/mol. The lowest BCUT2D eigenvalue weighted by molar-refractivity contribution is -0.160. The normalized spacial score (nSPS) is 13.4. The van der Waals surface area contributed by atoms with Gasteiger partial charge in [0.15, 0.2) is 0 Å². The van der Waals surface area contributed by atoms with Gasteiger partial charge < -0.3 is 45.7 Å². The van der Waals surface area contributed by atoms with Crippen LogP contribution in [-0.4, -0.2) is 99.4 Å². The van der Waals surface area contributed by atoms with Crippen molar-refractivity contribution in [2.75, 3.05) is 6.54 Å². The quantitative estimate of drug-likeness (QED) is 0.0463. The predicted molar refractivity (Wildman–Crippen MR) is 197 cm³/mol. The number of carboxylic acids is 2. The highest BCUT2D eigenvalue weighted by atomic mass is 16.6. The Hall–Kier alpha value is -4.44. The van der Waals surface area contributed by atoms with Crippen LogP contribution in [0, 0.1) is 0 Å². The molecule has 6 N–H and O–H groups in total. The van der Waals surface area contributed by atoms with Crippen molar-refractivity contribution in [3.63, 3.8) is 0 Å². The minimum atomic E-state index is -1.28. The van der Waals surface area contributed by atoms with Crippen molar-refractivity contribution in [3.05, 3.63) is 0 Å². The van der Waals surface area contributed by atoms with E-state index in [1.165, 1.54) is 0 Å². The number of ether oxygens (including phenoxy) is 3. The zero-order valence-electron chi connectivity index (χ0n) is 33.5. The molecule has 17 heteroatoms. The van der Waals surface area contributed by atoms with Gasteiger partial charge in [0, 0.05) is 32.2 Å². The summed E-state index contributed by atoms with van der Waals surface area (Å²) >= 11 is 0. The number of carbonyl (C=O) groups is 8. The maximum absolute atomic E-state index is 12.8. The standard InChI is InChI=1S/C37H64N4O13/c1-35(2,3)52-30(46)22-20-26(33(50)54-37(7,8)9)41-34(51)40-24(31(47)48)16-14-15-23-38-27(42)17-12-10-11-13-18-28(43)39-25(19-21-29(44)45)32(49)53-36(4,5)6/h24-26H,10-23H2,1-9H3,(H,38,42)(H,39,43)(H,44,45)(H,47,48)(H2,40,41,51)/t24-,25+,26-/m0/s1. The third-order valence-electron chi connectivity index (χ3n) is 7.13. The Morgan fingerprint density at radius 1 is 0.500 bits per heavy atom. The average Bonchev–Trinajstić information content (AvgIpc) is 2.99. The summed E-state index contributed by atoms with van der Waals surface area (Å²) < 4.78 is 15.9. The average molecular weight is 773 g/mol. The van der Waals surface area contributed by atoms with Gasteiger partial charge in [-0.15, -0.1) is 0 Å². The number of aliphatic carboxylic acids is 2. The highest BCUT2D eigenvalue weighted by molar-refractivity contribution is 5.87. The molecule has 0 saturated carbocycles. The fourth-order valence-corrected chi connectivity index (χ4v) is 4.76. The number of nitrogens with one attached hydrogen (secondary N) is 4. The van der Waals surface area contributed by atoms with Crippen LogP contribution in [0.25, 0.3) is 0 Å². The number of hydrogen-bond acceptors (Lipinski definition) is 11. The summed E-state index contributed by atoms with van der Waals surface area (Å²) in [6.07, 6.45) is 2.98. The minimum absolute atomic E-state index is 0.0549. The lowest BCUT2D eigenvalue weighted by Gasteiger charge is -2.25. The topological polar surface area (TPSA) is 253 Å². The first-order valence-electron chi connectivity index (χ1n) is 18.5. The molecule has 0 aliphatic heterocycles. The lowest BCUT2D eigenvalue weighted by Crippen LogP contribution is -2.52. The van der Waals surface area contributed by atoms with Crippen molar-refractivity contribution in [2.24, 2.45) is 0 Å². The number of rotatable bonds is 24. The third kappa shape index (κ3) is 27.2. The molecule has 0 spiro atoms. The van der Waals surface area contributed by atoms with Gasteiger partial charge in [-0.3, -0.25) is 19.2 Å². The van der Waals surface area contributed by atoms with Crippen LogP contribution < -0.4 is 21.3 Å². The van der Waals surface area contributed by atoms with Gasteiger partial charge in [-0.25, -0.2) is 19.2 Å². The summed E-state index contributed by atoms with van der Waals surface area (Å²) in [5.41, 5.74) is -2.40. The molecular formula is C37H64N4O13. The number of unbranched alkanes of at least 4 members (excludes halogenated alkanes) is 4. The number of esters is 3. The molecule has 310 valence electrons. The van der Waals surface area contributed by atoms with Crippen molar-refractivity contribution in [2.45, 2.75) is 181 Å². The zero-order valence-corrected chi connectivity index (χ0v) is 33.5. The van der Waals surface area contributed by atoms with E-state index in [0.717, 1.165) is 0 Å². The fourth-order valence-electron chi connectivity index (χ4n) is 4.76. The van der Waals surface area contributed by atoms with Crippen LogP contribution in [0.5, 0.6) is 0 Å². The zero-order chi connectivity index (χ0) is 41.7. The van der Waals surface area contributed by atoms with Crippen LogP contribution in [0.2, 0.25) is 0 Å². The van der Waals surface area contributed by atoms with Crippen LogP contribution in [0.15, 0.2) is 0 Å². The predicted octanol–water partition coefficient (Wildman–Crippen LogP) is 3.89. The van der Waals surface area contributed by atoms with Crippen molar-refractivity contribution in [3.8, 4) is 0 Å². The fraction of sp³-hybridized carbons (Fsp3) is 0.784. The van der Waals surface area contributed by atoms with Crippen LogP contribution in [-0.2, 0) is 47.8 Å². The Bertz CT molecular complexity index is 1270. The maximum Gasteiger partial charge on any atom is 0.329 e. The number of amides is 4. The number of carboxylic acid groups (broad SMARTS) is 2. The van der Waals surface area contributed by atoms with E-state index in [1.54, 1.807) is 62.3 Å². The first-order valence-corrected chi connectivity index (χ1v) is 18.5. The second-order valence-electron chi connectivity index (χ2n) is 16.1. The Labute approximate surface area is 318 Å². The van der Waals surface area contributed by atoms with Crippen molar-refractivity contribution >= 4 is 47.7 Å². The second-order valence-corrected chi connectivity index (χ2v) is 16.1. The van der Waals surface area contributed by atoms with E-state index >= 15 is 0 Å². The Morgan fingerprint density at radius 3 is 1.44 bits per heavy atom. The van der Waals surface area contributed by atoms with Crippen LogP contribution in [0.1, 0.15) is 146 Å². The van der Waals surface area contributed by atoms with Crippen molar-refractivity contribution in [1.29, 1.82) is 0 Å². The molecule has 0 fully saturated rings. The van der Waals surface area contributed by atoms with E-state index in [9.17, 15) is 43.5 Å². The van der Waals surface area contributed by atoms with Gasteiger partial charge in [-0.2, -0.15) is 0 Å². The van der Waals surface area contributed by atoms with E-state index in [-0.39, 0.29) is 50.9 Å². The first-order chi connectivity index (χ1) is 24.8. The van der Waals surface area contributed by atoms with Gasteiger partial charge in [-0.1, -0.05) is 12.8 Å². The van der Waals surface area contributed by atoms with E-state index in [1.807, 2.05) is 0 Å². The molecule has 0 aromatic rings. The molecule has 0 aliphatic rings. The van der Waals surface area contributed by atoms with Crippen LogP contribution in [0.3, 0.4) is 0 Å². The van der Waals surface area contributed by atoms with E-state index < -0.39 is 76.7 Å². The molecule has 0 bridgehead atoms. The summed E-state index contributed by atoms with van der Waals surface area (Å²) in [5.74, 6) is -5.00. The summed E-state index contributed by atoms with van der Waals surface area (Å²) in [4.78, 5) is 97.5. The Morgan fingerprint density at radius 2 is 0.963 bits per heavy atom. The molecule has 3 atom stereocenters. The van der Waals surface area contributed by atoms with Crippen molar-refractivity contribution in [1.82, 2.24) is 21.3 Å². The smallest absolute Gasteiger partial charge is 0.329 e. The van der Waals surface area contributed by atoms with Gasteiger partial charge in [0.25, 0.3) is 0 Å². The largest absolute Gasteiger partial charge is 0.481 e. The molecule has 0 aromatic heterocycles. The molecule has 0 aliphatic carbocycles. The van der Waals surface area contributed by atoms with E-state index in [4.69, 9.17) is 19.3 Å². The molecule has 0 rings (SSSR count). The van der Waals surface area contributed by atoms with Crippen LogP contribution >= 0.6 is 0 Å². The van der Waals surface area contributed by atoms with Gasteiger partial charge >= 0.3 is 35.9 Å². The lowest BCUT2D eigenvalue weighted by atomic mass is 10.1. The number of urea groups is 1. The van der Waals surface area contributed by atoms with Gasteiger partial charge in [0.1, 0.15) is 34.9 Å². The molecule has 4 amide bonds. The van der Waals surface area contributed by atoms with Gasteiger partial charge in [-0.05, 0) is 107 Å². The maximum atomic E-state index is 12.8. The molecule has 54 heavy (non-hydrogen) atoms. The molecule has 0 radical (unpaired) electrons. The molecule has 17 nitrogen and oxygen atoms in total.